The van der Waals surface area contributed by atoms with Crippen molar-refractivity contribution in [3.8, 4) is 11.1 Å². The molecular formula is C27H34F2. The maximum atomic E-state index is 14.9. The van der Waals surface area contributed by atoms with E-state index in [1.807, 2.05) is 43.3 Å². The summed E-state index contributed by atoms with van der Waals surface area (Å²) in [5.74, 6) is -0.413. The Morgan fingerprint density at radius 2 is 1.66 bits per heavy atom. The van der Waals surface area contributed by atoms with Crippen LogP contribution in [0.3, 0.4) is 0 Å². The molecular weight excluding hydrogens is 362 g/mol. The molecule has 1 saturated carbocycles. The minimum atomic E-state index is -0.697. The van der Waals surface area contributed by atoms with Crippen LogP contribution in [0, 0.1) is 17.6 Å². The predicted molar refractivity (Wildman–Crippen MR) is 119 cm³/mol. The lowest BCUT2D eigenvalue weighted by atomic mass is 9.76. The van der Waals surface area contributed by atoms with Gasteiger partial charge in [-0.25, -0.2) is 8.78 Å². The zero-order valence-corrected chi connectivity index (χ0v) is 17.9. The Balaban J connectivity index is 1.70. The van der Waals surface area contributed by atoms with E-state index in [0.29, 0.717) is 11.1 Å². The van der Waals surface area contributed by atoms with Gasteiger partial charge in [-0.3, -0.25) is 0 Å². The fourth-order valence-corrected chi connectivity index (χ4v) is 4.63. The highest BCUT2D eigenvalue weighted by molar-refractivity contribution is 5.65. The molecule has 1 aliphatic rings. The molecule has 2 aromatic rings. The molecule has 0 bridgehead atoms. The van der Waals surface area contributed by atoms with Crippen LogP contribution in [0.15, 0.2) is 48.6 Å². The molecule has 0 aliphatic heterocycles. The third-order valence-electron chi connectivity index (χ3n) is 6.47. The molecule has 29 heavy (non-hydrogen) atoms. The lowest BCUT2D eigenvalue weighted by molar-refractivity contribution is 0.299. The zero-order chi connectivity index (χ0) is 20.6. The number of benzene rings is 2. The lowest BCUT2D eigenvalue weighted by Gasteiger charge is -2.29. The van der Waals surface area contributed by atoms with E-state index in [1.54, 1.807) is 6.07 Å². The Kier molecular flexibility index (Phi) is 8.03. The number of hydrogen-bond acceptors (Lipinski definition) is 0. The maximum Gasteiger partial charge on any atom is 0.166 e. The van der Waals surface area contributed by atoms with Crippen LogP contribution in [-0.4, -0.2) is 0 Å². The molecule has 1 aliphatic carbocycles. The Hall–Kier alpha value is -1.96. The van der Waals surface area contributed by atoms with Gasteiger partial charge in [0, 0.05) is 5.56 Å². The molecule has 0 N–H and O–H groups in total. The van der Waals surface area contributed by atoms with Gasteiger partial charge in [0.25, 0.3) is 0 Å². The molecule has 0 nitrogen and oxygen atoms in total. The van der Waals surface area contributed by atoms with Gasteiger partial charge in [0.15, 0.2) is 11.6 Å². The standard InChI is InChI=1S/C27H34F2/c1-3-5-7-9-21-12-16-23(17-13-21)25-19-18-24(26(28)27(25)29)22-14-10-20(11-15-22)8-6-4-2/h3,5,12-13,16-20,22H,4,6-11,14-15H2,1-2H3/b5-3+. The molecule has 0 radical (unpaired) electrons. The van der Waals surface area contributed by atoms with Crippen LogP contribution in [0.4, 0.5) is 8.78 Å². The summed E-state index contributed by atoms with van der Waals surface area (Å²) in [4.78, 5) is 0. The van der Waals surface area contributed by atoms with Gasteiger partial charge in [0.2, 0.25) is 0 Å². The van der Waals surface area contributed by atoms with Crippen LogP contribution >= 0.6 is 0 Å². The SMILES string of the molecule is C/C=C/CCc1ccc(-c2ccc(C3CCC(CCCC)CC3)c(F)c2F)cc1. The Morgan fingerprint density at radius 3 is 2.31 bits per heavy atom. The number of hydrogen-bond donors (Lipinski definition) is 0. The molecule has 2 heteroatoms. The molecule has 0 amide bonds. The number of aryl methyl sites for hydroxylation is 1. The summed E-state index contributed by atoms with van der Waals surface area (Å²) in [6, 6.07) is 11.4. The van der Waals surface area contributed by atoms with Crippen LogP contribution in [0.1, 0.15) is 82.3 Å². The Morgan fingerprint density at radius 1 is 0.931 bits per heavy atom. The van der Waals surface area contributed by atoms with Gasteiger partial charge < -0.3 is 0 Å². The molecule has 0 aromatic heterocycles. The molecule has 2 aromatic carbocycles. The van der Waals surface area contributed by atoms with Gasteiger partial charge in [-0.15, -0.1) is 0 Å². The third-order valence-corrected chi connectivity index (χ3v) is 6.47. The van der Waals surface area contributed by atoms with E-state index in [4.69, 9.17) is 0 Å². The van der Waals surface area contributed by atoms with Crippen molar-refractivity contribution in [3.63, 3.8) is 0 Å². The number of allylic oxidation sites excluding steroid dienone is 2. The zero-order valence-electron chi connectivity index (χ0n) is 17.9. The van der Waals surface area contributed by atoms with Crippen molar-refractivity contribution in [2.45, 2.75) is 77.6 Å². The largest absolute Gasteiger partial charge is 0.203 e. The quantitative estimate of drug-likeness (QED) is 0.392. The summed E-state index contributed by atoms with van der Waals surface area (Å²) in [6.45, 7) is 4.24. The summed E-state index contributed by atoms with van der Waals surface area (Å²) < 4.78 is 29.8. The second-order valence-electron chi connectivity index (χ2n) is 8.49. The van der Waals surface area contributed by atoms with E-state index in [9.17, 15) is 8.78 Å². The fourth-order valence-electron chi connectivity index (χ4n) is 4.63. The lowest BCUT2D eigenvalue weighted by Crippen LogP contribution is -2.15. The average Bonchev–Trinajstić information content (AvgIpc) is 2.75. The van der Waals surface area contributed by atoms with Gasteiger partial charge in [0.1, 0.15) is 0 Å². The second kappa shape index (κ2) is 10.7. The van der Waals surface area contributed by atoms with E-state index in [2.05, 4.69) is 13.0 Å². The van der Waals surface area contributed by atoms with Crippen molar-refractivity contribution in [1.29, 1.82) is 0 Å². The van der Waals surface area contributed by atoms with Crippen molar-refractivity contribution in [1.82, 2.24) is 0 Å². The summed E-state index contributed by atoms with van der Waals surface area (Å²) in [7, 11) is 0. The van der Waals surface area contributed by atoms with E-state index in [-0.39, 0.29) is 5.92 Å². The van der Waals surface area contributed by atoms with E-state index in [1.165, 1.54) is 24.8 Å². The van der Waals surface area contributed by atoms with Crippen molar-refractivity contribution < 1.29 is 8.78 Å². The minimum Gasteiger partial charge on any atom is -0.203 e. The van der Waals surface area contributed by atoms with Crippen LogP contribution in [0.2, 0.25) is 0 Å². The normalized spacial score (nSPS) is 19.7. The molecule has 1 fully saturated rings. The number of rotatable bonds is 8. The average molecular weight is 397 g/mol. The van der Waals surface area contributed by atoms with Crippen LogP contribution in [0.5, 0.6) is 0 Å². The van der Waals surface area contributed by atoms with E-state index in [0.717, 1.165) is 50.0 Å². The smallest absolute Gasteiger partial charge is 0.166 e. The van der Waals surface area contributed by atoms with Gasteiger partial charge in [-0.2, -0.15) is 0 Å². The van der Waals surface area contributed by atoms with Crippen molar-refractivity contribution in [2.75, 3.05) is 0 Å². The number of unbranched alkanes of at least 4 members (excludes halogenated alkanes) is 1. The highest BCUT2D eigenvalue weighted by atomic mass is 19.2. The van der Waals surface area contributed by atoms with Gasteiger partial charge in [-0.05, 0) is 74.0 Å². The first kappa shape index (κ1) is 21.7. The number of halogens is 2. The van der Waals surface area contributed by atoms with Crippen molar-refractivity contribution >= 4 is 0 Å². The summed E-state index contributed by atoms with van der Waals surface area (Å²) in [5, 5.41) is 0. The van der Waals surface area contributed by atoms with Crippen LogP contribution < -0.4 is 0 Å². The Labute approximate surface area is 175 Å². The monoisotopic (exact) mass is 396 g/mol. The molecule has 3 rings (SSSR count). The molecule has 0 spiro atoms. The van der Waals surface area contributed by atoms with Crippen LogP contribution in [-0.2, 0) is 6.42 Å². The Bertz CT molecular complexity index is 796. The minimum absolute atomic E-state index is 0.158. The predicted octanol–water partition coefficient (Wildman–Crippen LogP) is 8.60. The molecule has 0 saturated heterocycles. The third kappa shape index (κ3) is 5.56. The highest BCUT2D eigenvalue weighted by Crippen LogP contribution is 2.40. The molecule has 0 unspecified atom stereocenters. The first-order chi connectivity index (χ1) is 14.1. The van der Waals surface area contributed by atoms with Crippen molar-refractivity contribution in [2.24, 2.45) is 5.92 Å². The van der Waals surface area contributed by atoms with Gasteiger partial charge >= 0.3 is 0 Å². The van der Waals surface area contributed by atoms with Crippen LogP contribution in [0.25, 0.3) is 11.1 Å². The highest BCUT2D eigenvalue weighted by Gasteiger charge is 2.26. The van der Waals surface area contributed by atoms with Gasteiger partial charge in [0.05, 0.1) is 0 Å². The molecule has 0 heterocycles. The van der Waals surface area contributed by atoms with Crippen molar-refractivity contribution in [3.05, 3.63) is 71.3 Å². The second-order valence-corrected chi connectivity index (χ2v) is 8.49. The molecule has 0 atom stereocenters. The first-order valence-corrected chi connectivity index (χ1v) is 11.3. The summed E-state index contributed by atoms with van der Waals surface area (Å²) in [6.07, 6.45) is 14.2. The van der Waals surface area contributed by atoms with E-state index >= 15 is 0 Å². The topological polar surface area (TPSA) is 0 Å². The maximum absolute atomic E-state index is 14.9. The fraction of sp³-hybridized carbons (Fsp3) is 0.481. The first-order valence-electron chi connectivity index (χ1n) is 11.3. The van der Waals surface area contributed by atoms with Gasteiger partial charge in [-0.1, -0.05) is 74.7 Å². The summed E-state index contributed by atoms with van der Waals surface area (Å²) in [5.41, 5.74) is 2.89. The summed E-state index contributed by atoms with van der Waals surface area (Å²) >= 11 is 0. The molecule has 156 valence electrons. The van der Waals surface area contributed by atoms with E-state index < -0.39 is 11.6 Å².